The summed E-state index contributed by atoms with van der Waals surface area (Å²) in [6.45, 7) is 0. The van der Waals surface area contributed by atoms with E-state index < -0.39 is 63.0 Å². The Morgan fingerprint density at radius 1 is 0.139 bits per heavy atom. The fourth-order valence-electron chi connectivity index (χ4n) is 6.49. The molecular weight excluding hydrogens is 2220 g/mol. The highest BCUT2D eigenvalue weighted by Crippen LogP contribution is 1.92. The van der Waals surface area contributed by atoms with Gasteiger partial charge in [-0.2, -0.15) is 0 Å². The lowest BCUT2D eigenvalue weighted by atomic mass is 10.4. The van der Waals surface area contributed by atoms with E-state index in [9.17, 15) is 23.3 Å². The lowest BCUT2D eigenvalue weighted by Gasteiger charge is -1.84. The predicted molar refractivity (Wildman–Crippen MR) is 366 cm³/mol. The van der Waals surface area contributed by atoms with Crippen LogP contribution in [-0.2, 0) is 63.0 Å². The molecule has 0 heterocycles. The molecule has 0 N–H and O–H groups in total. The van der Waals surface area contributed by atoms with Crippen LogP contribution in [0.4, 0.5) is 23.3 Å². The Balaban J connectivity index is 0.000000603. The van der Waals surface area contributed by atoms with Crippen molar-refractivity contribution >= 4 is 63.0 Å². The molecule has 0 unspecified atom stereocenters. The number of halogens is 12. The van der Waals surface area contributed by atoms with Crippen molar-refractivity contribution in [2.24, 2.45) is 0 Å². The molecular formula is C72H60F6I6O18S6. The van der Waals surface area contributed by atoms with Crippen LogP contribution in [0.2, 0.25) is 0 Å². The summed E-state index contributed by atoms with van der Waals surface area (Å²) in [6.07, 6.45) is 0. The molecule has 0 aromatic heterocycles. The predicted octanol–water partition coefficient (Wildman–Crippen LogP) is -4.61. The molecule has 18 nitrogen and oxygen atoms in total. The van der Waals surface area contributed by atoms with E-state index >= 15 is 0 Å². The molecule has 12 rings (SSSR count). The monoisotopic (exact) mass is 2280 g/mol. The summed E-state index contributed by atoms with van der Waals surface area (Å²) in [7, 11) is -32.5. The van der Waals surface area contributed by atoms with E-state index in [2.05, 4.69) is 364 Å². The minimum absolute atomic E-state index is 0.0287. The van der Waals surface area contributed by atoms with Gasteiger partial charge in [0.2, 0.25) is 0 Å². The molecule has 0 bridgehead atoms. The van der Waals surface area contributed by atoms with Crippen LogP contribution in [0.5, 0.6) is 0 Å². The fourth-order valence-corrected chi connectivity index (χ4v) is 20.1. The lowest BCUT2D eigenvalue weighted by Crippen LogP contribution is -3.61. The zero-order valence-corrected chi connectivity index (χ0v) is 72.8. The summed E-state index contributed by atoms with van der Waals surface area (Å²) in [6, 6.07) is 128. The molecule has 0 aliphatic carbocycles. The summed E-state index contributed by atoms with van der Waals surface area (Å²) < 4.78 is 230. The highest BCUT2D eigenvalue weighted by molar-refractivity contribution is 7.81. The molecule has 12 aromatic carbocycles. The van der Waals surface area contributed by atoms with Gasteiger partial charge >= 0.3 is 127 Å². The lowest BCUT2D eigenvalue weighted by molar-refractivity contribution is -0.597. The van der Waals surface area contributed by atoms with Crippen molar-refractivity contribution in [2.45, 2.75) is 0 Å². The van der Waals surface area contributed by atoms with Gasteiger partial charge in [-0.15, -0.1) is 23.3 Å². The summed E-state index contributed by atoms with van der Waals surface area (Å²) in [5.74, 6) is 0. The van der Waals surface area contributed by atoms with E-state index in [0.29, 0.717) is 0 Å². The zero-order chi connectivity index (χ0) is 80.6. The average molecular weight is 2280 g/mol. The van der Waals surface area contributed by atoms with Gasteiger partial charge in [-0.3, -0.25) is 0 Å². The van der Waals surface area contributed by atoms with Gasteiger partial charge in [0.1, 0.15) is 0 Å². The molecule has 108 heavy (non-hydrogen) atoms. The number of hydrogen-bond acceptors (Lipinski definition) is 18. The molecule has 0 spiro atoms. The largest absolute Gasteiger partial charge is 0.722 e. The van der Waals surface area contributed by atoms with Gasteiger partial charge in [-0.05, 0) is 146 Å². The Morgan fingerprint density at radius 3 is 0.231 bits per heavy atom. The summed E-state index contributed by atoms with van der Waals surface area (Å²) in [4.78, 5) is 0. The Hall–Kier alpha value is -5.94. The number of rotatable bonds is 12. The Kier molecular flexibility index (Phi) is 53.8. The number of hydrogen-bond donors (Lipinski definition) is 0. The third kappa shape index (κ3) is 75.5. The van der Waals surface area contributed by atoms with Crippen LogP contribution in [0, 0.1) is 42.8 Å². The van der Waals surface area contributed by atoms with E-state index in [4.69, 9.17) is 77.8 Å². The van der Waals surface area contributed by atoms with Crippen LogP contribution in [0.1, 0.15) is 0 Å². The maximum atomic E-state index is 10.1. The zero-order valence-electron chi connectivity index (χ0n) is 55.0. The van der Waals surface area contributed by atoms with Gasteiger partial charge in [0.15, 0.2) is 42.8 Å². The Labute approximate surface area is 689 Å². The van der Waals surface area contributed by atoms with Crippen molar-refractivity contribution in [1.29, 1.82) is 0 Å². The Bertz CT molecular complexity index is 3910. The summed E-state index contributed by atoms with van der Waals surface area (Å²) >= 11 is 0.172. The van der Waals surface area contributed by atoms with Gasteiger partial charge in [0.25, 0.3) is 63.0 Å². The van der Waals surface area contributed by atoms with E-state index in [-0.39, 0.29) is 127 Å². The van der Waals surface area contributed by atoms with Crippen LogP contribution in [0.15, 0.2) is 364 Å². The third-order valence-electron chi connectivity index (χ3n) is 10.1. The average Bonchev–Trinajstić information content (AvgIpc) is 0.944. The van der Waals surface area contributed by atoms with Crippen LogP contribution >= 0.6 is 0 Å². The van der Waals surface area contributed by atoms with Crippen molar-refractivity contribution in [3.63, 3.8) is 0 Å². The quantitative estimate of drug-likeness (QED) is 0.0481. The maximum Gasteiger partial charge on any atom is 0.357 e. The molecule has 0 saturated carbocycles. The van der Waals surface area contributed by atoms with Crippen LogP contribution in [0.25, 0.3) is 0 Å². The van der Waals surface area contributed by atoms with E-state index in [0.717, 1.165) is 0 Å². The molecule has 0 aliphatic heterocycles. The van der Waals surface area contributed by atoms with Crippen LogP contribution < -0.4 is 127 Å². The van der Waals surface area contributed by atoms with Crippen molar-refractivity contribution in [3.8, 4) is 0 Å². The first-order valence-corrected chi connectivity index (χ1v) is 49.9. The van der Waals surface area contributed by atoms with E-state index in [1.165, 1.54) is 42.8 Å². The van der Waals surface area contributed by atoms with E-state index in [1.807, 2.05) is 0 Å². The SMILES string of the molecule is O=S(=O)([O-])F.O=S(=O)([O-])F.O=S(=O)([O-])F.O=S(=O)([O-])F.O=S(=O)([O-])F.O=S(=O)([O-])F.c1ccc([I+]c2ccccc2)cc1.c1ccc([I+]c2ccccc2)cc1.c1ccc([I+]c2ccccc2)cc1.c1ccc([I+]c2ccccc2)cc1.c1ccc([I+]c2ccccc2)cc1.c1ccc([I+]c2ccccc2)cc1. The molecule has 576 valence electrons. The minimum Gasteiger partial charge on any atom is -0.722 e. The smallest absolute Gasteiger partial charge is 0.357 e. The minimum atomic E-state index is -5.42. The van der Waals surface area contributed by atoms with Crippen molar-refractivity contribution < 1.29 is 228 Å². The standard InChI is InChI=1S/6C12H10I.6FHO3S/c6*1-3-7-11(8-4-1)13-12-9-5-2-6-10-12;6*1-5(2,3)4/h6*1-10H;6*(H,2,3,4)/q6*+1;;;;;;/p-6. The van der Waals surface area contributed by atoms with Gasteiger partial charge in [-0.1, -0.05) is 218 Å². The first-order chi connectivity index (χ1) is 50.7. The molecule has 0 atom stereocenters. The van der Waals surface area contributed by atoms with Crippen molar-refractivity contribution in [2.75, 3.05) is 0 Å². The molecule has 0 aliphatic rings. The number of benzene rings is 12. The molecule has 36 heteroatoms. The molecule has 0 fully saturated rings. The normalized spacial score (nSPS) is 10.3. The Morgan fingerprint density at radius 2 is 0.185 bits per heavy atom. The second-order valence-corrected chi connectivity index (χ2v) is 41.4. The second-order valence-electron chi connectivity index (χ2n) is 18.5. The van der Waals surface area contributed by atoms with Gasteiger partial charge in [0, 0.05) is 0 Å². The molecule has 0 amide bonds. The first-order valence-electron chi connectivity index (χ1n) is 29.1. The third-order valence-corrected chi connectivity index (χ3v) is 26.2. The maximum absolute atomic E-state index is 10.1. The molecule has 12 aromatic rings. The topological polar surface area (TPSA) is 343 Å². The first kappa shape index (κ1) is 100. The van der Waals surface area contributed by atoms with Crippen molar-refractivity contribution in [1.82, 2.24) is 0 Å². The molecule has 0 radical (unpaired) electrons. The van der Waals surface area contributed by atoms with Crippen LogP contribution in [-0.4, -0.2) is 77.8 Å². The molecule has 0 saturated heterocycles. The summed E-state index contributed by atoms with van der Waals surface area (Å²) in [5, 5.41) is 0. The van der Waals surface area contributed by atoms with Crippen molar-refractivity contribution in [3.05, 3.63) is 407 Å². The summed E-state index contributed by atoms with van der Waals surface area (Å²) in [5.41, 5.74) is 0. The highest BCUT2D eigenvalue weighted by Gasteiger charge is 2.17. The highest BCUT2D eigenvalue weighted by atomic mass is 127. The fraction of sp³-hybridized carbons (Fsp3) is 0. The van der Waals surface area contributed by atoms with Gasteiger partial charge in [-0.25, -0.2) is 50.5 Å². The van der Waals surface area contributed by atoms with Gasteiger partial charge < -0.3 is 27.3 Å². The van der Waals surface area contributed by atoms with Crippen LogP contribution in [0.3, 0.4) is 0 Å². The van der Waals surface area contributed by atoms with E-state index in [1.54, 1.807) is 0 Å². The van der Waals surface area contributed by atoms with Gasteiger partial charge in [0.05, 0.1) is 0 Å². The second kappa shape index (κ2) is 58.0.